The van der Waals surface area contributed by atoms with Crippen molar-refractivity contribution in [3.63, 3.8) is 0 Å². The average molecular weight is 425 g/mol. The minimum absolute atomic E-state index is 0.0583. The molecule has 2 aromatic carbocycles. The van der Waals surface area contributed by atoms with Crippen molar-refractivity contribution in [3.8, 4) is 0 Å². The Hall–Kier alpha value is -3.42. The fourth-order valence-corrected chi connectivity index (χ4v) is 3.81. The number of anilines is 2. The van der Waals surface area contributed by atoms with Gasteiger partial charge in [-0.25, -0.2) is 0 Å². The minimum Gasteiger partial charge on any atom is -0.371 e. The third-order valence-corrected chi connectivity index (χ3v) is 5.57. The van der Waals surface area contributed by atoms with Crippen LogP contribution in [0.4, 0.5) is 17.1 Å². The molecule has 0 aliphatic carbocycles. The molecule has 164 valence electrons. The highest BCUT2D eigenvalue weighted by Crippen LogP contribution is 2.28. The Morgan fingerprint density at radius 1 is 1.03 bits per heavy atom. The molecule has 0 saturated carbocycles. The first kappa shape index (κ1) is 22.3. The Morgan fingerprint density at radius 3 is 2.26 bits per heavy atom. The fourth-order valence-electron chi connectivity index (χ4n) is 3.81. The van der Waals surface area contributed by atoms with Crippen LogP contribution in [0.5, 0.6) is 0 Å². The molecule has 0 bridgehead atoms. The van der Waals surface area contributed by atoms with Crippen LogP contribution in [-0.4, -0.2) is 47.8 Å². The highest BCUT2D eigenvalue weighted by Gasteiger charge is 2.22. The first-order chi connectivity index (χ1) is 14.9. The number of benzene rings is 2. The van der Waals surface area contributed by atoms with Gasteiger partial charge in [-0.2, -0.15) is 0 Å². The van der Waals surface area contributed by atoms with Crippen molar-refractivity contribution in [1.29, 1.82) is 0 Å². The van der Waals surface area contributed by atoms with Crippen LogP contribution < -0.4 is 10.2 Å². The van der Waals surface area contributed by atoms with Gasteiger partial charge in [0.15, 0.2) is 0 Å². The van der Waals surface area contributed by atoms with E-state index in [2.05, 4.69) is 10.2 Å². The molecule has 1 fully saturated rings. The lowest BCUT2D eigenvalue weighted by atomic mass is 10.0. The highest BCUT2D eigenvalue weighted by molar-refractivity contribution is 6.06. The molecular formula is C23H28N4O4. The Balaban J connectivity index is 1.88. The summed E-state index contributed by atoms with van der Waals surface area (Å²) >= 11 is 0. The number of piperidine rings is 1. The Bertz CT molecular complexity index is 949. The molecule has 8 heteroatoms. The lowest BCUT2D eigenvalue weighted by Crippen LogP contribution is -2.35. The summed E-state index contributed by atoms with van der Waals surface area (Å²) in [7, 11) is 0. The van der Waals surface area contributed by atoms with Crippen LogP contribution in [0.25, 0.3) is 0 Å². The van der Waals surface area contributed by atoms with E-state index in [1.54, 1.807) is 17.0 Å². The van der Waals surface area contributed by atoms with E-state index in [0.29, 0.717) is 29.9 Å². The second kappa shape index (κ2) is 10.1. The molecule has 8 nitrogen and oxygen atoms in total. The first-order valence-corrected chi connectivity index (χ1v) is 10.7. The second-order valence-corrected chi connectivity index (χ2v) is 7.52. The van der Waals surface area contributed by atoms with Crippen LogP contribution in [-0.2, 0) is 0 Å². The van der Waals surface area contributed by atoms with Crippen molar-refractivity contribution in [1.82, 2.24) is 4.90 Å². The van der Waals surface area contributed by atoms with Gasteiger partial charge in [-0.1, -0.05) is 0 Å². The first-order valence-electron chi connectivity index (χ1n) is 10.7. The van der Waals surface area contributed by atoms with Crippen LogP contribution in [0.3, 0.4) is 0 Å². The lowest BCUT2D eigenvalue weighted by molar-refractivity contribution is -0.384. The van der Waals surface area contributed by atoms with Gasteiger partial charge in [0.25, 0.3) is 17.5 Å². The number of carbonyl (C=O) groups excluding carboxylic acids is 2. The van der Waals surface area contributed by atoms with Crippen LogP contribution in [0.2, 0.25) is 0 Å². The Kier molecular flexibility index (Phi) is 7.23. The predicted molar refractivity (Wildman–Crippen MR) is 121 cm³/mol. The van der Waals surface area contributed by atoms with Crippen molar-refractivity contribution in [3.05, 3.63) is 63.7 Å². The van der Waals surface area contributed by atoms with Crippen molar-refractivity contribution >= 4 is 28.9 Å². The van der Waals surface area contributed by atoms with Crippen LogP contribution in [0.15, 0.2) is 42.5 Å². The molecule has 1 saturated heterocycles. The molecule has 0 radical (unpaired) electrons. The second-order valence-electron chi connectivity index (χ2n) is 7.52. The van der Waals surface area contributed by atoms with Gasteiger partial charge in [0.1, 0.15) is 0 Å². The molecule has 1 aliphatic rings. The summed E-state index contributed by atoms with van der Waals surface area (Å²) in [5.41, 5.74) is 2.22. The largest absolute Gasteiger partial charge is 0.371 e. The summed E-state index contributed by atoms with van der Waals surface area (Å²) in [4.78, 5) is 40.1. The van der Waals surface area contributed by atoms with Gasteiger partial charge in [-0.15, -0.1) is 0 Å². The minimum atomic E-state index is -0.508. The van der Waals surface area contributed by atoms with Crippen molar-refractivity contribution in [2.45, 2.75) is 33.1 Å². The average Bonchev–Trinajstić information content (AvgIpc) is 2.80. The van der Waals surface area contributed by atoms with E-state index >= 15 is 0 Å². The molecule has 0 aromatic heterocycles. The number of nitrogens with zero attached hydrogens (tertiary/aromatic N) is 3. The van der Waals surface area contributed by atoms with E-state index < -0.39 is 4.92 Å². The molecule has 1 aliphatic heterocycles. The number of amides is 2. The Morgan fingerprint density at radius 2 is 1.68 bits per heavy atom. The smallest absolute Gasteiger partial charge is 0.269 e. The summed E-state index contributed by atoms with van der Waals surface area (Å²) in [6.45, 7) is 6.92. The third-order valence-electron chi connectivity index (χ3n) is 5.57. The molecule has 1 heterocycles. The normalized spacial score (nSPS) is 13.5. The highest BCUT2D eigenvalue weighted by atomic mass is 16.6. The third kappa shape index (κ3) is 5.20. The zero-order valence-corrected chi connectivity index (χ0v) is 18.0. The quantitative estimate of drug-likeness (QED) is 0.527. The number of nitrogens with one attached hydrogen (secondary N) is 1. The standard InChI is InChI=1S/C23H28N4O4/c1-3-25(4-2)23(29)20-16-18(10-13-21(20)26-14-6-5-7-15-26)24-22(28)17-8-11-19(12-9-17)27(30)31/h8-13,16H,3-7,14-15H2,1-2H3,(H,24,28). The van der Waals surface area contributed by atoms with Crippen molar-refractivity contribution in [2.24, 2.45) is 0 Å². The molecule has 0 atom stereocenters. The molecule has 3 rings (SSSR count). The van der Waals surface area contributed by atoms with E-state index in [0.717, 1.165) is 31.6 Å². The van der Waals surface area contributed by atoms with Crippen LogP contribution in [0, 0.1) is 10.1 Å². The number of non-ortho nitro benzene ring substituents is 1. The predicted octanol–water partition coefficient (Wildman–Crippen LogP) is 4.32. The summed E-state index contributed by atoms with van der Waals surface area (Å²) in [6, 6.07) is 10.8. The number of hydrogen-bond acceptors (Lipinski definition) is 5. The SMILES string of the molecule is CCN(CC)C(=O)c1cc(NC(=O)c2ccc([N+](=O)[O-])cc2)ccc1N1CCCCC1. The molecule has 2 aromatic rings. The van der Waals surface area contributed by atoms with E-state index in [1.807, 2.05) is 19.9 Å². The summed E-state index contributed by atoms with van der Waals surface area (Å²) < 4.78 is 0. The van der Waals surface area contributed by atoms with Gasteiger partial charge in [-0.05, 0) is 63.4 Å². The summed E-state index contributed by atoms with van der Waals surface area (Å²) in [5, 5.41) is 13.6. The maximum absolute atomic E-state index is 13.2. The van der Waals surface area contributed by atoms with E-state index in [1.165, 1.54) is 30.7 Å². The van der Waals surface area contributed by atoms with Gasteiger partial charge in [-0.3, -0.25) is 19.7 Å². The molecule has 31 heavy (non-hydrogen) atoms. The maximum Gasteiger partial charge on any atom is 0.269 e. The van der Waals surface area contributed by atoms with Gasteiger partial charge >= 0.3 is 0 Å². The van der Waals surface area contributed by atoms with E-state index in [9.17, 15) is 19.7 Å². The lowest BCUT2D eigenvalue weighted by Gasteiger charge is -2.31. The van der Waals surface area contributed by atoms with Crippen molar-refractivity contribution < 1.29 is 14.5 Å². The zero-order chi connectivity index (χ0) is 22.4. The maximum atomic E-state index is 13.2. The summed E-state index contributed by atoms with van der Waals surface area (Å²) in [5.74, 6) is -0.445. The number of nitro benzene ring substituents is 1. The number of rotatable bonds is 7. The number of nitro groups is 1. The molecule has 2 amide bonds. The van der Waals surface area contributed by atoms with E-state index in [4.69, 9.17) is 0 Å². The van der Waals surface area contributed by atoms with Crippen molar-refractivity contribution in [2.75, 3.05) is 36.4 Å². The molecule has 0 spiro atoms. The number of carbonyl (C=O) groups is 2. The zero-order valence-electron chi connectivity index (χ0n) is 18.0. The topological polar surface area (TPSA) is 95.8 Å². The molecule has 0 unspecified atom stereocenters. The summed E-state index contributed by atoms with van der Waals surface area (Å²) in [6.07, 6.45) is 3.38. The molecular weight excluding hydrogens is 396 g/mol. The number of hydrogen-bond donors (Lipinski definition) is 1. The fraction of sp³-hybridized carbons (Fsp3) is 0.391. The Labute approximate surface area is 182 Å². The monoisotopic (exact) mass is 424 g/mol. The van der Waals surface area contributed by atoms with Crippen LogP contribution >= 0.6 is 0 Å². The van der Waals surface area contributed by atoms with Gasteiger partial charge < -0.3 is 15.1 Å². The van der Waals surface area contributed by atoms with Gasteiger partial charge in [0, 0.05) is 55.2 Å². The van der Waals surface area contributed by atoms with Gasteiger partial charge in [0.05, 0.1) is 10.5 Å². The van der Waals surface area contributed by atoms with E-state index in [-0.39, 0.29) is 17.5 Å². The van der Waals surface area contributed by atoms with Gasteiger partial charge in [0.2, 0.25) is 0 Å². The molecule has 1 N–H and O–H groups in total. The van der Waals surface area contributed by atoms with Crippen LogP contribution in [0.1, 0.15) is 53.8 Å².